The summed E-state index contributed by atoms with van der Waals surface area (Å²) in [4.78, 5) is 0. The van der Waals surface area contributed by atoms with Crippen molar-refractivity contribution in [1.29, 1.82) is 0 Å². The van der Waals surface area contributed by atoms with E-state index < -0.39 is 0 Å². The minimum absolute atomic E-state index is 0.0706. The fourth-order valence-electron chi connectivity index (χ4n) is 3.53. The number of nitrogens with one attached hydrogen (secondary N) is 1. The van der Waals surface area contributed by atoms with Gasteiger partial charge >= 0.3 is 0 Å². The van der Waals surface area contributed by atoms with Gasteiger partial charge in [-0.15, -0.1) is 0 Å². The van der Waals surface area contributed by atoms with Gasteiger partial charge in [0.1, 0.15) is 5.82 Å². The molecule has 1 nitrogen and oxygen atoms in total. The molecule has 1 N–H and O–H groups in total. The molecule has 0 aliphatic heterocycles. The Balaban J connectivity index is 2.21. The van der Waals surface area contributed by atoms with Gasteiger partial charge in [0.15, 0.2) is 0 Å². The summed E-state index contributed by atoms with van der Waals surface area (Å²) in [5.74, 6) is 1.19. The first-order chi connectivity index (χ1) is 7.22. The van der Waals surface area contributed by atoms with Crippen LogP contribution >= 0.6 is 0 Å². The normalized spacial score (nSPS) is 32.1. The number of rotatable bonds is 1. The lowest BCUT2D eigenvalue weighted by atomic mass is 9.93. The Morgan fingerprint density at radius 2 is 2.20 bits per heavy atom. The van der Waals surface area contributed by atoms with E-state index >= 15 is 0 Å². The topological polar surface area (TPSA) is 12.0 Å². The average Bonchev–Trinajstić information content (AvgIpc) is 2.71. The summed E-state index contributed by atoms with van der Waals surface area (Å²) >= 11 is 0. The second-order valence-corrected chi connectivity index (χ2v) is 4.84. The lowest BCUT2D eigenvalue weighted by molar-refractivity contribution is 0.381. The molecule has 0 aromatic heterocycles. The minimum atomic E-state index is -0.0706. The van der Waals surface area contributed by atoms with Crippen molar-refractivity contribution in [3.8, 4) is 0 Å². The Hall–Kier alpha value is -0.890. The molecule has 3 rings (SSSR count). The van der Waals surface area contributed by atoms with E-state index in [0.29, 0.717) is 17.9 Å². The van der Waals surface area contributed by atoms with Crippen LogP contribution in [0.15, 0.2) is 12.1 Å². The predicted octanol–water partition coefficient (Wildman–Crippen LogP) is 2.77. The fraction of sp³-hybridized carbons (Fsp3) is 0.538. The molecule has 0 fully saturated rings. The van der Waals surface area contributed by atoms with Gasteiger partial charge in [0.25, 0.3) is 0 Å². The summed E-state index contributed by atoms with van der Waals surface area (Å²) in [7, 11) is 1.97. The molecule has 0 spiro atoms. The first-order valence-electron chi connectivity index (χ1n) is 5.72. The van der Waals surface area contributed by atoms with Crippen LogP contribution in [-0.4, -0.2) is 7.05 Å². The molecule has 0 saturated heterocycles. The van der Waals surface area contributed by atoms with E-state index in [-0.39, 0.29) is 5.82 Å². The standard InChI is InChI=1S/C13H16FN/c1-7-10-4-3-8-5-9(14)6-11(12(8)10)13(7)15-2/h5-7,10,13,15H,3-4H2,1-2H3. The van der Waals surface area contributed by atoms with Gasteiger partial charge in [-0.25, -0.2) is 4.39 Å². The Morgan fingerprint density at radius 1 is 1.40 bits per heavy atom. The highest BCUT2D eigenvalue weighted by Crippen LogP contribution is 2.52. The number of benzene rings is 1. The van der Waals surface area contributed by atoms with Crippen molar-refractivity contribution < 1.29 is 4.39 Å². The van der Waals surface area contributed by atoms with Crippen LogP contribution in [0.2, 0.25) is 0 Å². The predicted molar refractivity (Wildman–Crippen MR) is 58.4 cm³/mol. The smallest absolute Gasteiger partial charge is 0.123 e. The second kappa shape index (κ2) is 3.05. The molecular formula is C13H16FN. The Labute approximate surface area is 89.7 Å². The van der Waals surface area contributed by atoms with E-state index in [9.17, 15) is 4.39 Å². The van der Waals surface area contributed by atoms with Crippen LogP contribution in [0.1, 0.15) is 42.0 Å². The lowest BCUT2D eigenvalue weighted by Gasteiger charge is -2.19. The molecule has 0 radical (unpaired) electrons. The lowest BCUT2D eigenvalue weighted by Crippen LogP contribution is -2.21. The molecule has 0 amide bonds. The minimum Gasteiger partial charge on any atom is -0.313 e. The quantitative estimate of drug-likeness (QED) is 0.743. The highest BCUT2D eigenvalue weighted by molar-refractivity contribution is 5.48. The average molecular weight is 205 g/mol. The van der Waals surface area contributed by atoms with Gasteiger partial charge in [-0.3, -0.25) is 0 Å². The van der Waals surface area contributed by atoms with Gasteiger partial charge in [0.2, 0.25) is 0 Å². The van der Waals surface area contributed by atoms with E-state index in [1.54, 1.807) is 12.1 Å². The molecule has 0 bridgehead atoms. The van der Waals surface area contributed by atoms with Crippen LogP contribution in [0.25, 0.3) is 0 Å². The summed E-state index contributed by atoms with van der Waals surface area (Å²) in [6, 6.07) is 3.80. The van der Waals surface area contributed by atoms with E-state index in [1.807, 2.05) is 7.05 Å². The Kier molecular flexibility index (Phi) is 1.90. The molecule has 1 aromatic rings. The Bertz CT molecular complexity index is 413. The second-order valence-electron chi connectivity index (χ2n) is 4.84. The zero-order chi connectivity index (χ0) is 10.6. The molecule has 0 heterocycles. The summed E-state index contributed by atoms with van der Waals surface area (Å²) < 4.78 is 13.4. The summed E-state index contributed by atoms with van der Waals surface area (Å²) in [6.45, 7) is 2.28. The molecular weight excluding hydrogens is 189 g/mol. The maximum absolute atomic E-state index is 13.4. The summed E-state index contributed by atoms with van der Waals surface area (Å²) in [5.41, 5.74) is 3.91. The molecule has 1 aromatic carbocycles. The first-order valence-corrected chi connectivity index (χ1v) is 5.72. The summed E-state index contributed by atoms with van der Waals surface area (Å²) in [5, 5.41) is 3.32. The zero-order valence-electron chi connectivity index (χ0n) is 9.18. The molecule has 15 heavy (non-hydrogen) atoms. The van der Waals surface area contributed by atoms with E-state index in [2.05, 4.69) is 12.2 Å². The van der Waals surface area contributed by atoms with Gasteiger partial charge in [-0.1, -0.05) is 6.92 Å². The molecule has 2 aliphatic rings. The number of aryl methyl sites for hydroxylation is 1. The van der Waals surface area contributed by atoms with Crippen molar-refractivity contribution in [3.63, 3.8) is 0 Å². The molecule has 3 atom stereocenters. The third-order valence-corrected chi connectivity index (χ3v) is 4.16. The Morgan fingerprint density at radius 3 is 2.93 bits per heavy atom. The third kappa shape index (κ3) is 1.11. The van der Waals surface area contributed by atoms with Gasteiger partial charge < -0.3 is 5.32 Å². The van der Waals surface area contributed by atoms with Crippen molar-refractivity contribution >= 4 is 0 Å². The largest absolute Gasteiger partial charge is 0.313 e. The van der Waals surface area contributed by atoms with Gasteiger partial charge in [-0.05, 0) is 60.5 Å². The van der Waals surface area contributed by atoms with Crippen LogP contribution in [0.4, 0.5) is 4.39 Å². The SMILES string of the molecule is CNC1c2cc(F)cc3c2C(CC3)C1C. The van der Waals surface area contributed by atoms with Gasteiger partial charge in [0.05, 0.1) is 0 Å². The fourth-order valence-corrected chi connectivity index (χ4v) is 3.53. The van der Waals surface area contributed by atoms with E-state index in [1.165, 1.54) is 23.1 Å². The van der Waals surface area contributed by atoms with Crippen molar-refractivity contribution in [1.82, 2.24) is 5.32 Å². The number of halogens is 1. The van der Waals surface area contributed by atoms with Crippen LogP contribution < -0.4 is 5.32 Å². The molecule has 0 saturated carbocycles. The molecule has 2 heteroatoms. The van der Waals surface area contributed by atoms with Gasteiger partial charge in [0, 0.05) is 6.04 Å². The van der Waals surface area contributed by atoms with Crippen molar-refractivity contribution in [3.05, 3.63) is 34.6 Å². The highest BCUT2D eigenvalue weighted by Gasteiger charge is 2.41. The number of hydrogen-bond donors (Lipinski definition) is 1. The van der Waals surface area contributed by atoms with Crippen LogP contribution in [0.3, 0.4) is 0 Å². The summed E-state index contributed by atoms with van der Waals surface area (Å²) in [6.07, 6.45) is 2.26. The van der Waals surface area contributed by atoms with Crippen molar-refractivity contribution in [2.24, 2.45) is 5.92 Å². The van der Waals surface area contributed by atoms with Crippen LogP contribution in [0, 0.1) is 11.7 Å². The van der Waals surface area contributed by atoms with E-state index in [4.69, 9.17) is 0 Å². The van der Waals surface area contributed by atoms with Crippen molar-refractivity contribution in [2.75, 3.05) is 7.05 Å². The molecule has 80 valence electrons. The van der Waals surface area contributed by atoms with Gasteiger partial charge in [-0.2, -0.15) is 0 Å². The van der Waals surface area contributed by atoms with Crippen LogP contribution in [-0.2, 0) is 6.42 Å². The van der Waals surface area contributed by atoms with E-state index in [0.717, 1.165) is 6.42 Å². The maximum atomic E-state index is 13.4. The third-order valence-electron chi connectivity index (χ3n) is 4.16. The van der Waals surface area contributed by atoms with Crippen LogP contribution in [0.5, 0.6) is 0 Å². The van der Waals surface area contributed by atoms with Crippen molar-refractivity contribution in [2.45, 2.75) is 31.7 Å². The maximum Gasteiger partial charge on any atom is 0.123 e. The molecule has 2 aliphatic carbocycles. The zero-order valence-corrected chi connectivity index (χ0v) is 9.18. The monoisotopic (exact) mass is 205 g/mol. The molecule has 3 unspecified atom stereocenters. The number of hydrogen-bond acceptors (Lipinski definition) is 1. The highest BCUT2D eigenvalue weighted by atomic mass is 19.1. The first kappa shape index (κ1) is 9.34.